The van der Waals surface area contributed by atoms with Crippen LogP contribution in [0.5, 0.6) is 0 Å². The molecule has 0 spiro atoms. The topological polar surface area (TPSA) is 107 Å². The summed E-state index contributed by atoms with van der Waals surface area (Å²) in [6.07, 6.45) is 0. The van der Waals surface area contributed by atoms with Crippen molar-refractivity contribution >= 4 is 39.5 Å². The Morgan fingerprint density at radius 3 is 2.51 bits per heavy atom. The summed E-state index contributed by atoms with van der Waals surface area (Å²) in [4.78, 5) is 49.9. The summed E-state index contributed by atoms with van der Waals surface area (Å²) < 4.78 is 6.33. The monoisotopic (exact) mass is 484 g/mol. The van der Waals surface area contributed by atoms with Crippen LogP contribution in [0.1, 0.15) is 21.7 Å². The fourth-order valence-electron chi connectivity index (χ4n) is 3.76. The highest BCUT2D eigenvalue weighted by molar-refractivity contribution is 7.98. The predicted octanol–water partition coefficient (Wildman–Crippen LogP) is 4.01. The van der Waals surface area contributed by atoms with Crippen molar-refractivity contribution in [2.75, 3.05) is 7.11 Å². The van der Waals surface area contributed by atoms with E-state index >= 15 is 0 Å². The van der Waals surface area contributed by atoms with Crippen molar-refractivity contribution in [1.29, 1.82) is 0 Å². The smallest absolute Gasteiger partial charge is 0.337 e. The number of benzene rings is 3. The number of ether oxygens (including phenoxy) is 1. The number of esters is 1. The SMILES string of the molecule is COC(=O)c1ccc2c(=O)[nH]c(CSc3nc4ccccc4c(=O)n3-c3ccc(C)cc3)nc2c1. The van der Waals surface area contributed by atoms with Crippen LogP contribution in [0.15, 0.2) is 81.5 Å². The molecule has 0 aliphatic carbocycles. The van der Waals surface area contributed by atoms with Gasteiger partial charge < -0.3 is 9.72 Å². The minimum absolute atomic E-state index is 0.176. The third-order valence-electron chi connectivity index (χ3n) is 5.55. The van der Waals surface area contributed by atoms with Crippen LogP contribution >= 0.6 is 11.8 Å². The van der Waals surface area contributed by atoms with Gasteiger partial charge in [0.2, 0.25) is 0 Å². The molecular weight excluding hydrogens is 464 g/mol. The summed E-state index contributed by atoms with van der Waals surface area (Å²) in [6.45, 7) is 1.98. The van der Waals surface area contributed by atoms with E-state index in [2.05, 4.69) is 9.97 Å². The number of hydrogen-bond donors (Lipinski definition) is 1. The number of hydrogen-bond acceptors (Lipinski definition) is 7. The highest BCUT2D eigenvalue weighted by Gasteiger charge is 2.15. The molecule has 8 nitrogen and oxygen atoms in total. The second kappa shape index (κ2) is 9.19. The molecule has 0 aliphatic heterocycles. The zero-order valence-electron chi connectivity index (χ0n) is 18.9. The third-order valence-corrected chi connectivity index (χ3v) is 6.50. The van der Waals surface area contributed by atoms with Crippen molar-refractivity contribution < 1.29 is 9.53 Å². The molecule has 174 valence electrons. The molecule has 0 saturated heterocycles. The van der Waals surface area contributed by atoms with Crippen LogP contribution in [-0.2, 0) is 10.5 Å². The predicted molar refractivity (Wildman–Crippen MR) is 135 cm³/mol. The first-order valence-electron chi connectivity index (χ1n) is 10.8. The number of H-pyrrole nitrogens is 1. The number of aromatic amines is 1. The number of fused-ring (bicyclic) bond motifs is 2. The Morgan fingerprint density at radius 2 is 1.74 bits per heavy atom. The van der Waals surface area contributed by atoms with Crippen LogP contribution in [0, 0.1) is 6.92 Å². The third kappa shape index (κ3) is 4.33. The number of methoxy groups -OCH3 is 1. The molecule has 0 amide bonds. The average molecular weight is 485 g/mol. The zero-order valence-corrected chi connectivity index (χ0v) is 19.8. The molecule has 3 aromatic carbocycles. The lowest BCUT2D eigenvalue weighted by Crippen LogP contribution is -2.22. The molecule has 0 saturated carbocycles. The number of aromatic nitrogens is 4. The van der Waals surface area contributed by atoms with Gasteiger partial charge in [-0.3, -0.25) is 14.2 Å². The molecule has 0 aliphatic rings. The van der Waals surface area contributed by atoms with Gasteiger partial charge in [-0.25, -0.2) is 14.8 Å². The van der Waals surface area contributed by atoms with Gasteiger partial charge in [0.05, 0.1) is 45.9 Å². The highest BCUT2D eigenvalue weighted by atomic mass is 32.2. The quantitative estimate of drug-likeness (QED) is 0.228. The van der Waals surface area contributed by atoms with Gasteiger partial charge in [0, 0.05) is 0 Å². The molecule has 2 heterocycles. The highest BCUT2D eigenvalue weighted by Crippen LogP contribution is 2.24. The lowest BCUT2D eigenvalue weighted by Gasteiger charge is -2.13. The summed E-state index contributed by atoms with van der Waals surface area (Å²) in [7, 11) is 1.30. The second-order valence-corrected chi connectivity index (χ2v) is 8.85. The van der Waals surface area contributed by atoms with E-state index in [0.717, 1.165) is 5.56 Å². The van der Waals surface area contributed by atoms with Gasteiger partial charge in [0.1, 0.15) is 5.82 Å². The van der Waals surface area contributed by atoms with Crippen molar-refractivity contribution in [3.05, 3.63) is 104 Å². The van der Waals surface area contributed by atoms with Gasteiger partial charge in [-0.2, -0.15) is 0 Å². The maximum atomic E-state index is 13.4. The standard InChI is InChI=1S/C26H20N4O4S/c1-15-7-10-17(11-8-15)30-24(32)19-5-3-4-6-20(19)28-26(30)35-14-22-27-21-13-16(25(33)34-2)9-12-18(21)23(31)29-22/h3-13H,14H2,1-2H3,(H,27,29,31). The molecule has 0 unspecified atom stereocenters. The number of nitrogens with zero attached hydrogens (tertiary/aromatic N) is 3. The largest absolute Gasteiger partial charge is 0.465 e. The number of rotatable bonds is 5. The Labute approximate surface area is 203 Å². The minimum Gasteiger partial charge on any atom is -0.465 e. The van der Waals surface area contributed by atoms with Gasteiger partial charge in [0.15, 0.2) is 5.16 Å². The lowest BCUT2D eigenvalue weighted by atomic mass is 10.1. The first-order valence-corrected chi connectivity index (χ1v) is 11.8. The first kappa shape index (κ1) is 22.5. The van der Waals surface area contributed by atoms with Crippen molar-refractivity contribution in [2.45, 2.75) is 17.8 Å². The van der Waals surface area contributed by atoms with Crippen LogP contribution in [0.2, 0.25) is 0 Å². The molecule has 9 heteroatoms. The number of nitrogens with one attached hydrogen (secondary N) is 1. The Kier molecular flexibility index (Phi) is 5.92. The number of carbonyl (C=O) groups excluding carboxylic acids is 1. The van der Waals surface area contributed by atoms with E-state index in [-0.39, 0.29) is 16.9 Å². The van der Waals surface area contributed by atoms with Gasteiger partial charge >= 0.3 is 5.97 Å². The molecule has 5 rings (SSSR count). The molecule has 0 radical (unpaired) electrons. The fraction of sp³-hybridized carbons (Fsp3) is 0.115. The van der Waals surface area contributed by atoms with E-state index in [1.54, 1.807) is 22.8 Å². The summed E-state index contributed by atoms with van der Waals surface area (Å²) in [5.41, 5.74) is 2.56. The van der Waals surface area contributed by atoms with Crippen LogP contribution in [0.4, 0.5) is 0 Å². The lowest BCUT2D eigenvalue weighted by molar-refractivity contribution is 0.0601. The van der Waals surface area contributed by atoms with Crippen molar-refractivity contribution in [3.8, 4) is 5.69 Å². The van der Waals surface area contributed by atoms with E-state index in [4.69, 9.17) is 9.72 Å². The number of para-hydroxylation sites is 1. The number of thioether (sulfide) groups is 1. The Balaban J connectivity index is 1.57. The van der Waals surface area contributed by atoms with E-state index in [0.29, 0.717) is 44.0 Å². The molecule has 35 heavy (non-hydrogen) atoms. The van der Waals surface area contributed by atoms with Gasteiger partial charge in [-0.15, -0.1) is 0 Å². The van der Waals surface area contributed by atoms with E-state index in [1.165, 1.54) is 31.0 Å². The normalized spacial score (nSPS) is 11.1. The minimum atomic E-state index is -0.507. The second-order valence-electron chi connectivity index (χ2n) is 7.91. The van der Waals surface area contributed by atoms with Crippen molar-refractivity contribution in [1.82, 2.24) is 19.5 Å². The van der Waals surface area contributed by atoms with Crippen LogP contribution in [-0.4, -0.2) is 32.6 Å². The summed E-state index contributed by atoms with van der Waals surface area (Å²) >= 11 is 1.29. The van der Waals surface area contributed by atoms with Gasteiger partial charge in [0.25, 0.3) is 11.1 Å². The summed E-state index contributed by atoms with van der Waals surface area (Å²) in [5, 5.41) is 1.36. The average Bonchev–Trinajstić information content (AvgIpc) is 2.87. The molecular formula is C26H20N4O4S. The zero-order chi connectivity index (χ0) is 24.5. The molecule has 0 fully saturated rings. The maximum absolute atomic E-state index is 13.4. The maximum Gasteiger partial charge on any atom is 0.337 e. The Morgan fingerprint density at radius 1 is 0.971 bits per heavy atom. The van der Waals surface area contributed by atoms with Gasteiger partial charge in [-0.05, 0) is 49.4 Å². The van der Waals surface area contributed by atoms with E-state index < -0.39 is 5.97 Å². The Hall–Kier alpha value is -4.24. The molecule has 5 aromatic rings. The summed E-state index contributed by atoms with van der Waals surface area (Å²) in [6, 6.07) is 19.4. The molecule has 1 N–H and O–H groups in total. The van der Waals surface area contributed by atoms with Crippen LogP contribution in [0.25, 0.3) is 27.5 Å². The van der Waals surface area contributed by atoms with Crippen LogP contribution < -0.4 is 11.1 Å². The number of carbonyl (C=O) groups is 1. The summed E-state index contributed by atoms with van der Waals surface area (Å²) in [5.74, 6) is 0.143. The molecule has 0 bridgehead atoms. The van der Waals surface area contributed by atoms with E-state index in [9.17, 15) is 14.4 Å². The van der Waals surface area contributed by atoms with Crippen molar-refractivity contribution in [2.24, 2.45) is 0 Å². The molecule has 0 atom stereocenters. The first-order chi connectivity index (χ1) is 16.9. The van der Waals surface area contributed by atoms with E-state index in [1.807, 2.05) is 43.3 Å². The van der Waals surface area contributed by atoms with Crippen LogP contribution in [0.3, 0.4) is 0 Å². The fourth-order valence-corrected chi connectivity index (χ4v) is 4.65. The number of aryl methyl sites for hydroxylation is 1. The Bertz CT molecular complexity index is 1710. The molecule has 2 aromatic heterocycles. The van der Waals surface area contributed by atoms with Crippen molar-refractivity contribution in [3.63, 3.8) is 0 Å². The van der Waals surface area contributed by atoms with Gasteiger partial charge in [-0.1, -0.05) is 41.6 Å².